The number of hydrogen-bond acceptors (Lipinski definition) is 3. The number of nitrogens with zero attached hydrogens (tertiary/aromatic N) is 3. The Kier molecular flexibility index (Phi) is 6.80. The second-order valence-corrected chi connectivity index (χ2v) is 9.76. The summed E-state index contributed by atoms with van der Waals surface area (Å²) in [5.74, 6) is -0.0981. The van der Waals surface area contributed by atoms with Crippen LogP contribution in [0.3, 0.4) is 0 Å². The normalized spacial score (nSPS) is 17.1. The molecule has 0 radical (unpaired) electrons. The van der Waals surface area contributed by atoms with Crippen molar-refractivity contribution in [1.82, 2.24) is 14.9 Å². The number of nitrogens with one attached hydrogen (secondary N) is 2. The van der Waals surface area contributed by atoms with Gasteiger partial charge in [0, 0.05) is 41.6 Å². The monoisotopic (exact) mass is 509 g/mol. The lowest BCUT2D eigenvalue weighted by atomic mass is 9.96. The van der Waals surface area contributed by atoms with Crippen LogP contribution in [0.4, 0.5) is 11.4 Å². The average molecular weight is 510 g/mol. The third-order valence-corrected chi connectivity index (χ3v) is 7.28. The zero-order valence-corrected chi connectivity index (χ0v) is 22.3. The maximum atomic E-state index is 11.5. The van der Waals surface area contributed by atoms with E-state index in [4.69, 9.17) is 12.2 Å². The quantitative estimate of drug-likeness (QED) is 0.304. The van der Waals surface area contributed by atoms with Gasteiger partial charge in [0.25, 0.3) is 0 Å². The standard InChI is InChI=1S/C30H31N5OS/c1-5-22-10-6-7-12-27(22)34-19(2)18-25(20(34)3)29-28(26-11-8-9-17-31-26)33-30(37)35(29)24-15-13-23(14-16-24)32-21(4)36/h6-18,28-29H,5H2,1-4H3,(H,32,36)(H,33,37)/t28-,29-/m1/s1. The van der Waals surface area contributed by atoms with Gasteiger partial charge >= 0.3 is 0 Å². The van der Waals surface area contributed by atoms with Crippen molar-refractivity contribution < 1.29 is 4.79 Å². The first-order valence-corrected chi connectivity index (χ1v) is 12.9. The molecule has 0 aliphatic carbocycles. The smallest absolute Gasteiger partial charge is 0.221 e. The summed E-state index contributed by atoms with van der Waals surface area (Å²) in [6, 6.07) is 24.4. The highest BCUT2D eigenvalue weighted by Gasteiger charge is 2.42. The van der Waals surface area contributed by atoms with E-state index in [0.717, 1.165) is 23.5 Å². The molecule has 3 heterocycles. The molecule has 37 heavy (non-hydrogen) atoms. The highest BCUT2D eigenvalue weighted by atomic mass is 32.1. The number of benzene rings is 2. The van der Waals surface area contributed by atoms with Gasteiger partial charge in [-0.05, 0) is 92.1 Å². The average Bonchev–Trinajstić information content (AvgIpc) is 3.39. The first-order valence-electron chi connectivity index (χ1n) is 12.5. The molecule has 0 bridgehead atoms. The lowest BCUT2D eigenvalue weighted by molar-refractivity contribution is -0.114. The van der Waals surface area contributed by atoms with Crippen LogP contribution in [0.2, 0.25) is 0 Å². The van der Waals surface area contributed by atoms with E-state index >= 15 is 0 Å². The van der Waals surface area contributed by atoms with E-state index in [1.54, 1.807) is 0 Å². The van der Waals surface area contributed by atoms with Crippen molar-refractivity contribution in [3.63, 3.8) is 0 Å². The Bertz CT molecular complexity index is 1440. The third-order valence-electron chi connectivity index (χ3n) is 6.97. The van der Waals surface area contributed by atoms with Gasteiger partial charge in [0.05, 0.1) is 17.8 Å². The summed E-state index contributed by atoms with van der Waals surface area (Å²) >= 11 is 5.91. The van der Waals surface area contributed by atoms with Crippen LogP contribution in [0.15, 0.2) is 79.0 Å². The fourth-order valence-electron chi connectivity index (χ4n) is 5.34. The van der Waals surface area contributed by atoms with E-state index in [-0.39, 0.29) is 18.0 Å². The molecule has 1 aliphatic rings. The number of hydrogen-bond donors (Lipinski definition) is 2. The minimum Gasteiger partial charge on any atom is -0.351 e. The topological polar surface area (TPSA) is 62.2 Å². The lowest BCUT2D eigenvalue weighted by Gasteiger charge is -2.28. The number of pyridine rings is 1. The van der Waals surface area contributed by atoms with Crippen molar-refractivity contribution in [2.45, 2.75) is 46.2 Å². The zero-order chi connectivity index (χ0) is 26.1. The van der Waals surface area contributed by atoms with Crippen LogP contribution in [0.1, 0.15) is 54.1 Å². The summed E-state index contributed by atoms with van der Waals surface area (Å²) in [5, 5.41) is 7.03. The predicted octanol–water partition coefficient (Wildman–Crippen LogP) is 6.19. The minimum absolute atomic E-state index is 0.0981. The largest absolute Gasteiger partial charge is 0.351 e. The van der Waals surface area contributed by atoms with Gasteiger partial charge in [-0.1, -0.05) is 31.2 Å². The molecule has 5 rings (SSSR count). The van der Waals surface area contributed by atoms with Crippen LogP contribution in [0.5, 0.6) is 0 Å². The fourth-order valence-corrected chi connectivity index (χ4v) is 5.69. The zero-order valence-electron chi connectivity index (χ0n) is 21.5. The molecule has 1 aliphatic heterocycles. The van der Waals surface area contributed by atoms with Gasteiger partial charge in [-0.25, -0.2) is 0 Å². The second-order valence-electron chi connectivity index (χ2n) is 9.37. The van der Waals surface area contributed by atoms with Crippen molar-refractivity contribution >= 4 is 34.6 Å². The van der Waals surface area contributed by atoms with Crippen LogP contribution in [0, 0.1) is 13.8 Å². The molecule has 2 atom stereocenters. The number of aryl methyl sites for hydroxylation is 2. The number of rotatable bonds is 6. The number of anilines is 2. The fraction of sp³-hybridized carbons (Fsp3) is 0.233. The molecule has 1 saturated heterocycles. The van der Waals surface area contributed by atoms with Crippen molar-refractivity contribution in [2.24, 2.45) is 0 Å². The van der Waals surface area contributed by atoms with Crippen LogP contribution < -0.4 is 15.5 Å². The molecular weight excluding hydrogens is 478 g/mol. The van der Waals surface area contributed by atoms with Crippen LogP contribution in [0.25, 0.3) is 5.69 Å². The Morgan fingerprint density at radius 1 is 1.05 bits per heavy atom. The molecule has 7 heteroatoms. The van der Waals surface area contributed by atoms with Gasteiger partial charge in [0.15, 0.2) is 5.11 Å². The molecule has 0 saturated carbocycles. The van der Waals surface area contributed by atoms with Crippen molar-refractivity contribution in [3.05, 3.63) is 107 Å². The molecule has 188 valence electrons. The molecule has 6 nitrogen and oxygen atoms in total. The third kappa shape index (κ3) is 4.62. The Morgan fingerprint density at radius 2 is 1.78 bits per heavy atom. The summed E-state index contributed by atoms with van der Waals surface area (Å²) in [7, 11) is 0. The predicted molar refractivity (Wildman–Crippen MR) is 153 cm³/mol. The maximum absolute atomic E-state index is 11.5. The number of carbonyl (C=O) groups is 1. The summed E-state index contributed by atoms with van der Waals surface area (Å²) in [6.07, 6.45) is 2.78. The number of carbonyl (C=O) groups excluding carboxylic acids is 1. The Morgan fingerprint density at radius 3 is 2.46 bits per heavy atom. The number of amides is 1. The maximum Gasteiger partial charge on any atom is 0.221 e. The SMILES string of the molecule is CCc1ccccc1-n1c(C)cc([C@@H]2[C@@H](c3ccccn3)NC(=S)N2c2ccc(NC(C)=O)cc2)c1C. The van der Waals surface area contributed by atoms with E-state index in [9.17, 15) is 4.79 Å². The number of para-hydroxylation sites is 1. The van der Waals surface area contributed by atoms with Gasteiger partial charge in [-0.15, -0.1) is 0 Å². The first kappa shape index (κ1) is 24.7. The van der Waals surface area contributed by atoms with Crippen molar-refractivity contribution in [1.29, 1.82) is 0 Å². The van der Waals surface area contributed by atoms with Gasteiger partial charge in [-0.2, -0.15) is 0 Å². The van der Waals surface area contributed by atoms with Crippen molar-refractivity contribution in [3.8, 4) is 5.69 Å². The van der Waals surface area contributed by atoms with Gasteiger partial charge in [-0.3, -0.25) is 9.78 Å². The minimum atomic E-state index is -0.126. The molecule has 1 fully saturated rings. The van der Waals surface area contributed by atoms with Gasteiger partial charge in [0.1, 0.15) is 0 Å². The van der Waals surface area contributed by atoms with E-state index in [0.29, 0.717) is 5.11 Å². The van der Waals surface area contributed by atoms with Gasteiger partial charge < -0.3 is 20.1 Å². The first-order chi connectivity index (χ1) is 17.9. The van der Waals surface area contributed by atoms with Gasteiger partial charge in [0.2, 0.25) is 5.91 Å². The van der Waals surface area contributed by atoms with E-state index in [1.807, 2.05) is 48.7 Å². The molecule has 4 aromatic rings. The van der Waals surface area contributed by atoms with E-state index in [1.165, 1.54) is 35.1 Å². The Labute approximate surface area is 223 Å². The number of aromatic nitrogens is 2. The van der Waals surface area contributed by atoms with E-state index < -0.39 is 0 Å². The molecule has 1 amide bonds. The highest BCUT2D eigenvalue weighted by Crippen LogP contribution is 2.44. The molecule has 2 aromatic heterocycles. The number of thiocarbonyl (C=S) groups is 1. The molecule has 0 unspecified atom stereocenters. The molecular formula is C30H31N5OS. The summed E-state index contributed by atoms with van der Waals surface area (Å²) < 4.78 is 2.35. The highest BCUT2D eigenvalue weighted by molar-refractivity contribution is 7.80. The van der Waals surface area contributed by atoms with E-state index in [2.05, 4.69) is 76.2 Å². The van der Waals surface area contributed by atoms with Crippen molar-refractivity contribution in [2.75, 3.05) is 10.2 Å². The van der Waals surface area contributed by atoms with Crippen LogP contribution in [-0.2, 0) is 11.2 Å². The summed E-state index contributed by atoms with van der Waals surface area (Å²) in [5.41, 5.74) is 8.70. The molecule has 2 N–H and O–H groups in total. The Balaban J connectivity index is 1.65. The molecule has 0 spiro atoms. The summed E-state index contributed by atoms with van der Waals surface area (Å²) in [6.45, 7) is 8.04. The van der Waals surface area contributed by atoms with Crippen LogP contribution >= 0.6 is 12.2 Å². The lowest BCUT2D eigenvalue weighted by Crippen LogP contribution is -2.29. The Hall–Kier alpha value is -3.97. The summed E-state index contributed by atoms with van der Waals surface area (Å²) in [4.78, 5) is 18.4. The van der Waals surface area contributed by atoms with Crippen LogP contribution in [-0.4, -0.2) is 20.6 Å². The molecule has 2 aromatic carbocycles. The second kappa shape index (κ2) is 10.2.